The average molecular weight is 341 g/mol. The van der Waals surface area contributed by atoms with Gasteiger partial charge in [-0.3, -0.25) is 4.99 Å². The predicted octanol–water partition coefficient (Wildman–Crippen LogP) is 3.28. The molecule has 1 heterocycles. The lowest BCUT2D eigenvalue weighted by atomic mass is 9.87. The van der Waals surface area contributed by atoms with Crippen molar-refractivity contribution >= 4 is 5.84 Å². The molecule has 7 nitrogen and oxygen atoms in total. The highest BCUT2D eigenvalue weighted by atomic mass is 16.9. The van der Waals surface area contributed by atoms with Gasteiger partial charge in [0.2, 0.25) is 0 Å². The molecular formula is C17H31N3O4. The molecule has 2 saturated carbocycles. The van der Waals surface area contributed by atoms with Crippen molar-refractivity contribution in [1.29, 1.82) is 0 Å². The zero-order valence-electron chi connectivity index (χ0n) is 14.6. The molecule has 0 atom stereocenters. The van der Waals surface area contributed by atoms with Crippen LogP contribution in [0.15, 0.2) is 4.99 Å². The van der Waals surface area contributed by atoms with Gasteiger partial charge < -0.3 is 14.8 Å². The smallest absolute Gasteiger partial charge is 0.291 e. The summed E-state index contributed by atoms with van der Waals surface area (Å²) in [4.78, 5) is 16.2. The Morgan fingerprint density at radius 3 is 2.04 bits per heavy atom. The number of hydrogen-bond acceptors (Lipinski definition) is 4. The molecule has 1 N–H and O–H groups in total. The van der Waals surface area contributed by atoms with E-state index in [1.165, 1.54) is 70.0 Å². The SMILES string of the molecule is C1CCC(/N=C(/C2CCCCC2)N2CCOCC2)CC1.O=[N+]([O-])O. The molecule has 24 heavy (non-hydrogen) atoms. The molecule has 0 aromatic heterocycles. The number of aliphatic imine (C=N–C) groups is 1. The van der Waals surface area contributed by atoms with Gasteiger partial charge in [-0.25, -0.2) is 0 Å². The molecule has 3 fully saturated rings. The molecule has 138 valence electrons. The van der Waals surface area contributed by atoms with Gasteiger partial charge >= 0.3 is 0 Å². The summed E-state index contributed by atoms with van der Waals surface area (Å²) >= 11 is 0. The van der Waals surface area contributed by atoms with Gasteiger partial charge in [0.25, 0.3) is 5.09 Å². The second kappa shape index (κ2) is 10.5. The van der Waals surface area contributed by atoms with E-state index < -0.39 is 5.09 Å². The van der Waals surface area contributed by atoms with Gasteiger partial charge in [0.05, 0.1) is 19.3 Å². The third kappa shape index (κ3) is 6.63. The standard InChI is InChI=1S/C17H30N2O.HNO3/c1-3-7-15(8-4-1)17(19-11-13-20-14-12-19)18-16-9-5-2-6-10-16;2-1(3)4/h15-16H,1-14H2;(H,2,3,4)/b18-17-;. The Morgan fingerprint density at radius 1 is 1.00 bits per heavy atom. The summed E-state index contributed by atoms with van der Waals surface area (Å²) in [5.74, 6) is 2.20. The zero-order valence-corrected chi connectivity index (χ0v) is 14.6. The summed E-state index contributed by atoms with van der Waals surface area (Å²) in [7, 11) is 0. The lowest BCUT2D eigenvalue weighted by molar-refractivity contribution is -0.742. The summed E-state index contributed by atoms with van der Waals surface area (Å²) in [6, 6.07) is 0.614. The molecule has 7 heteroatoms. The first kappa shape index (κ1) is 19.0. The third-order valence-corrected chi connectivity index (χ3v) is 5.19. The van der Waals surface area contributed by atoms with E-state index in [-0.39, 0.29) is 0 Å². The maximum Gasteiger partial charge on any atom is 0.291 e. The van der Waals surface area contributed by atoms with Gasteiger partial charge in [0.15, 0.2) is 0 Å². The average Bonchev–Trinajstić information content (AvgIpc) is 2.62. The highest BCUT2D eigenvalue weighted by molar-refractivity contribution is 5.85. The van der Waals surface area contributed by atoms with Crippen LogP contribution in [-0.4, -0.2) is 53.4 Å². The van der Waals surface area contributed by atoms with E-state index in [0.29, 0.717) is 6.04 Å². The highest BCUT2D eigenvalue weighted by Gasteiger charge is 2.26. The Labute approximate surface area is 144 Å². The maximum absolute atomic E-state index is 8.36. The predicted molar refractivity (Wildman–Crippen MR) is 92.1 cm³/mol. The number of morpholine rings is 1. The molecule has 3 rings (SSSR count). The summed E-state index contributed by atoms with van der Waals surface area (Å²) in [6.45, 7) is 3.89. The molecule has 0 spiro atoms. The van der Waals surface area contributed by atoms with Crippen LogP contribution < -0.4 is 0 Å². The lowest BCUT2D eigenvalue weighted by Crippen LogP contribution is -2.45. The summed E-state index contributed by atoms with van der Waals surface area (Å²) in [5.41, 5.74) is 0. The van der Waals surface area contributed by atoms with Crippen molar-refractivity contribution in [1.82, 2.24) is 4.90 Å². The van der Waals surface area contributed by atoms with E-state index in [2.05, 4.69) is 4.90 Å². The van der Waals surface area contributed by atoms with Gasteiger partial charge in [-0.1, -0.05) is 38.5 Å². The molecule has 2 aliphatic carbocycles. The molecule has 0 aromatic carbocycles. The van der Waals surface area contributed by atoms with E-state index in [9.17, 15) is 0 Å². The normalized spacial score (nSPS) is 24.2. The Hall–Kier alpha value is -1.37. The number of amidine groups is 1. The van der Waals surface area contributed by atoms with Crippen LogP contribution in [0.25, 0.3) is 0 Å². The largest absolute Gasteiger partial charge is 0.378 e. The van der Waals surface area contributed by atoms with Crippen molar-refractivity contribution in [2.24, 2.45) is 10.9 Å². The van der Waals surface area contributed by atoms with E-state index >= 15 is 0 Å². The highest BCUT2D eigenvalue weighted by Crippen LogP contribution is 2.29. The van der Waals surface area contributed by atoms with E-state index in [0.717, 1.165) is 32.2 Å². The Morgan fingerprint density at radius 2 is 1.50 bits per heavy atom. The van der Waals surface area contributed by atoms with Crippen molar-refractivity contribution < 1.29 is 15.0 Å². The maximum atomic E-state index is 8.36. The first-order valence-corrected chi connectivity index (χ1v) is 9.40. The minimum atomic E-state index is -1.50. The number of hydrogen-bond donors (Lipinski definition) is 1. The second-order valence-electron chi connectivity index (χ2n) is 6.95. The third-order valence-electron chi connectivity index (χ3n) is 5.19. The molecule has 0 unspecified atom stereocenters. The molecule has 0 aromatic rings. The summed E-state index contributed by atoms with van der Waals surface area (Å²) in [6.07, 6.45) is 13.8. The van der Waals surface area contributed by atoms with E-state index in [1.54, 1.807) is 0 Å². The fraction of sp³-hybridized carbons (Fsp3) is 0.941. The molecule has 0 bridgehead atoms. The van der Waals surface area contributed by atoms with Gasteiger partial charge in [-0.05, 0) is 25.7 Å². The summed E-state index contributed by atoms with van der Waals surface area (Å²) < 4.78 is 5.53. The van der Waals surface area contributed by atoms with Gasteiger partial charge in [0, 0.05) is 19.0 Å². The Bertz CT molecular complexity index is 375. The first-order chi connectivity index (χ1) is 11.7. The molecular weight excluding hydrogens is 310 g/mol. The van der Waals surface area contributed by atoms with Crippen LogP contribution in [0.4, 0.5) is 0 Å². The fourth-order valence-corrected chi connectivity index (χ4v) is 4.00. The first-order valence-electron chi connectivity index (χ1n) is 9.40. The Balaban J connectivity index is 0.000000471. The van der Waals surface area contributed by atoms with Gasteiger partial charge in [0.1, 0.15) is 5.84 Å². The minimum absolute atomic E-state index is 0.614. The molecule has 1 aliphatic heterocycles. The van der Waals surface area contributed by atoms with Crippen LogP contribution in [0.2, 0.25) is 0 Å². The lowest BCUT2D eigenvalue weighted by Gasteiger charge is -2.36. The van der Waals surface area contributed by atoms with Crippen LogP contribution >= 0.6 is 0 Å². The van der Waals surface area contributed by atoms with Crippen molar-refractivity contribution in [3.05, 3.63) is 10.1 Å². The zero-order chi connectivity index (χ0) is 17.2. The van der Waals surface area contributed by atoms with Crippen LogP contribution in [0.5, 0.6) is 0 Å². The quantitative estimate of drug-likeness (QED) is 0.360. The minimum Gasteiger partial charge on any atom is -0.378 e. The second-order valence-corrected chi connectivity index (χ2v) is 6.95. The van der Waals surface area contributed by atoms with Crippen molar-refractivity contribution in [2.75, 3.05) is 26.3 Å². The number of ether oxygens (including phenoxy) is 1. The van der Waals surface area contributed by atoms with Crippen LogP contribution in [-0.2, 0) is 4.74 Å². The summed E-state index contributed by atoms with van der Waals surface area (Å²) in [5, 5.41) is 13.6. The molecule has 0 radical (unpaired) electrons. The monoisotopic (exact) mass is 341 g/mol. The fourth-order valence-electron chi connectivity index (χ4n) is 4.00. The van der Waals surface area contributed by atoms with E-state index in [4.69, 9.17) is 25.1 Å². The van der Waals surface area contributed by atoms with Crippen LogP contribution in [0.3, 0.4) is 0 Å². The topological polar surface area (TPSA) is 88.2 Å². The molecule has 0 amide bonds. The van der Waals surface area contributed by atoms with Crippen molar-refractivity contribution in [2.45, 2.75) is 70.3 Å². The van der Waals surface area contributed by atoms with Gasteiger partial charge in [-0.15, -0.1) is 10.1 Å². The molecule has 3 aliphatic rings. The molecule has 1 saturated heterocycles. The van der Waals surface area contributed by atoms with Gasteiger partial charge in [-0.2, -0.15) is 0 Å². The van der Waals surface area contributed by atoms with Crippen LogP contribution in [0.1, 0.15) is 64.2 Å². The van der Waals surface area contributed by atoms with Crippen molar-refractivity contribution in [3.63, 3.8) is 0 Å². The van der Waals surface area contributed by atoms with Crippen LogP contribution in [0, 0.1) is 16.0 Å². The Kier molecular flexibility index (Phi) is 8.28. The van der Waals surface area contributed by atoms with Crippen molar-refractivity contribution in [3.8, 4) is 0 Å². The number of rotatable bonds is 2. The number of nitrogens with zero attached hydrogens (tertiary/aromatic N) is 3. The van der Waals surface area contributed by atoms with E-state index in [1.807, 2.05) is 0 Å².